The van der Waals surface area contributed by atoms with E-state index in [1.54, 1.807) is 34.8 Å². The summed E-state index contributed by atoms with van der Waals surface area (Å²) in [5.41, 5.74) is 1.65. The van der Waals surface area contributed by atoms with Crippen LogP contribution in [0.4, 0.5) is 0 Å². The number of pyridine rings is 1. The van der Waals surface area contributed by atoms with E-state index in [-0.39, 0.29) is 12.8 Å². The van der Waals surface area contributed by atoms with Gasteiger partial charge in [-0.05, 0) is 52.2 Å². The summed E-state index contributed by atoms with van der Waals surface area (Å²) in [6, 6.07) is 16.4. The number of benzene rings is 2. The number of ether oxygens (including phenoxy) is 4. The van der Waals surface area contributed by atoms with Crippen molar-refractivity contribution in [2.24, 2.45) is 11.8 Å². The molecular formula is C32H38N2O7. The second-order valence-electron chi connectivity index (χ2n) is 11.2. The molecule has 41 heavy (non-hydrogen) atoms. The molecule has 1 amide bonds. The Hall–Kier alpha value is -4.14. The fourth-order valence-corrected chi connectivity index (χ4v) is 5.11. The number of esters is 2. The number of hydrogen-bond acceptors (Lipinski definition) is 8. The largest absolute Gasteiger partial charge is 0.497 e. The summed E-state index contributed by atoms with van der Waals surface area (Å²) in [6.45, 7) is 7.11. The molecule has 4 rings (SSSR count). The topological polar surface area (TPSA) is 113 Å². The van der Waals surface area contributed by atoms with Crippen molar-refractivity contribution in [3.63, 3.8) is 0 Å². The summed E-state index contributed by atoms with van der Waals surface area (Å²) < 4.78 is 22.4. The standard InChI is InChI=1S/C32H38N2O7/c1-7-25(31(37)41-32(2,3)4)34-29(35)23-15-21(16-24(23)30(36)39-6)40-28-18-26(19-11-9-8-10-12-19)33-27-17-20(38-5)13-14-22(27)28/h8-14,17-18,21,23-25H,7,15-16H2,1-6H3,(H,34,35)/t21-,23-,24-,25+/m1/s1. The van der Waals surface area contributed by atoms with Crippen LogP contribution in [0.3, 0.4) is 0 Å². The van der Waals surface area contributed by atoms with Crippen molar-refractivity contribution >= 4 is 28.7 Å². The molecule has 1 saturated carbocycles. The Morgan fingerprint density at radius 2 is 1.71 bits per heavy atom. The van der Waals surface area contributed by atoms with E-state index in [0.717, 1.165) is 16.6 Å². The normalized spacial score (nSPS) is 19.3. The van der Waals surface area contributed by atoms with Gasteiger partial charge >= 0.3 is 11.9 Å². The SMILES string of the molecule is CC[C@H](NC(=O)[C@@H]1C[C@@H](Oc2cc(-c3ccccc3)nc3cc(OC)ccc23)C[C@H]1C(=O)OC)C(=O)OC(C)(C)C. The molecule has 1 aromatic heterocycles. The van der Waals surface area contributed by atoms with E-state index in [9.17, 15) is 14.4 Å². The van der Waals surface area contributed by atoms with Crippen LogP contribution in [0.25, 0.3) is 22.2 Å². The lowest BCUT2D eigenvalue weighted by Gasteiger charge is -2.25. The maximum absolute atomic E-state index is 13.4. The molecule has 0 saturated heterocycles. The summed E-state index contributed by atoms with van der Waals surface area (Å²) in [6.07, 6.45) is 0.462. The van der Waals surface area contributed by atoms with Gasteiger partial charge in [0.1, 0.15) is 29.2 Å². The Morgan fingerprint density at radius 3 is 2.34 bits per heavy atom. The van der Waals surface area contributed by atoms with Gasteiger partial charge in [-0.25, -0.2) is 9.78 Å². The summed E-state index contributed by atoms with van der Waals surface area (Å²) >= 11 is 0. The number of fused-ring (bicyclic) bond motifs is 1. The highest BCUT2D eigenvalue weighted by atomic mass is 16.6. The first-order valence-corrected chi connectivity index (χ1v) is 13.8. The van der Waals surface area contributed by atoms with Gasteiger partial charge in [-0.1, -0.05) is 37.3 Å². The minimum atomic E-state index is -0.826. The third-order valence-electron chi connectivity index (χ3n) is 7.12. The number of carbonyl (C=O) groups excluding carboxylic acids is 3. The molecule has 9 heteroatoms. The van der Waals surface area contributed by atoms with Gasteiger partial charge in [-0.2, -0.15) is 0 Å². The van der Waals surface area contributed by atoms with E-state index in [1.165, 1.54) is 7.11 Å². The van der Waals surface area contributed by atoms with Crippen molar-refractivity contribution in [1.82, 2.24) is 10.3 Å². The third-order valence-corrected chi connectivity index (χ3v) is 7.12. The Bertz CT molecular complexity index is 1400. The van der Waals surface area contributed by atoms with Crippen molar-refractivity contribution < 1.29 is 33.3 Å². The van der Waals surface area contributed by atoms with Gasteiger partial charge in [0.15, 0.2) is 0 Å². The Morgan fingerprint density at radius 1 is 1.00 bits per heavy atom. The van der Waals surface area contributed by atoms with Crippen LogP contribution in [0.2, 0.25) is 0 Å². The highest BCUT2D eigenvalue weighted by Crippen LogP contribution is 2.39. The number of nitrogens with zero attached hydrogens (tertiary/aromatic N) is 1. The lowest BCUT2D eigenvalue weighted by molar-refractivity contribution is -0.159. The lowest BCUT2D eigenvalue weighted by Crippen LogP contribution is -2.47. The van der Waals surface area contributed by atoms with Crippen LogP contribution in [0.1, 0.15) is 47.0 Å². The van der Waals surface area contributed by atoms with Crippen LogP contribution in [-0.2, 0) is 23.9 Å². The summed E-state index contributed by atoms with van der Waals surface area (Å²) in [5, 5.41) is 3.58. The van der Waals surface area contributed by atoms with Crippen molar-refractivity contribution in [2.75, 3.05) is 14.2 Å². The van der Waals surface area contributed by atoms with E-state index < -0.39 is 47.4 Å². The van der Waals surface area contributed by atoms with Crippen LogP contribution in [-0.4, -0.2) is 54.8 Å². The minimum Gasteiger partial charge on any atom is -0.497 e. The fraction of sp³-hybridized carbons (Fsp3) is 0.438. The van der Waals surface area contributed by atoms with Crippen LogP contribution < -0.4 is 14.8 Å². The third kappa shape index (κ3) is 7.14. The van der Waals surface area contributed by atoms with E-state index in [2.05, 4.69) is 5.32 Å². The molecule has 1 fully saturated rings. The zero-order valence-electron chi connectivity index (χ0n) is 24.4. The molecular weight excluding hydrogens is 524 g/mol. The first-order valence-electron chi connectivity index (χ1n) is 13.8. The van der Waals surface area contributed by atoms with Gasteiger partial charge in [0.2, 0.25) is 5.91 Å². The van der Waals surface area contributed by atoms with Crippen molar-refractivity contribution in [1.29, 1.82) is 0 Å². The lowest BCUT2D eigenvalue weighted by atomic mass is 9.95. The first-order chi connectivity index (χ1) is 19.5. The average molecular weight is 563 g/mol. The predicted octanol–water partition coefficient (Wildman–Crippen LogP) is 5.09. The molecule has 0 unspecified atom stereocenters. The first kappa shape index (κ1) is 29.8. The molecule has 1 aliphatic rings. The number of methoxy groups -OCH3 is 2. The maximum Gasteiger partial charge on any atom is 0.329 e. The van der Waals surface area contributed by atoms with Crippen LogP contribution in [0.5, 0.6) is 11.5 Å². The van der Waals surface area contributed by atoms with Gasteiger partial charge in [0, 0.05) is 23.1 Å². The van der Waals surface area contributed by atoms with Crippen molar-refractivity contribution in [2.45, 2.75) is 64.7 Å². The van der Waals surface area contributed by atoms with Crippen LogP contribution in [0.15, 0.2) is 54.6 Å². The Kier molecular flexibility index (Phi) is 9.15. The van der Waals surface area contributed by atoms with E-state index >= 15 is 0 Å². The molecule has 0 spiro atoms. The van der Waals surface area contributed by atoms with Gasteiger partial charge in [-0.15, -0.1) is 0 Å². The number of aromatic nitrogens is 1. The molecule has 4 atom stereocenters. The zero-order valence-corrected chi connectivity index (χ0v) is 24.4. The van der Waals surface area contributed by atoms with Crippen LogP contribution >= 0.6 is 0 Å². The monoisotopic (exact) mass is 562 g/mol. The summed E-state index contributed by atoms with van der Waals surface area (Å²) in [4.78, 5) is 43.7. The second kappa shape index (κ2) is 12.6. The number of hydrogen-bond donors (Lipinski definition) is 1. The predicted molar refractivity (Wildman–Crippen MR) is 154 cm³/mol. The number of carbonyl (C=O) groups is 3. The second-order valence-corrected chi connectivity index (χ2v) is 11.2. The van der Waals surface area contributed by atoms with Gasteiger partial charge in [-0.3, -0.25) is 9.59 Å². The quantitative estimate of drug-likeness (QED) is 0.359. The van der Waals surface area contributed by atoms with Gasteiger partial charge < -0.3 is 24.3 Å². The molecule has 0 bridgehead atoms. The molecule has 218 valence electrons. The molecule has 9 nitrogen and oxygen atoms in total. The molecule has 2 aromatic carbocycles. The Labute approximate surface area is 240 Å². The minimum absolute atomic E-state index is 0.275. The molecule has 1 heterocycles. The summed E-state index contributed by atoms with van der Waals surface area (Å²) in [5.74, 6) is -1.60. The molecule has 1 aliphatic carbocycles. The van der Waals surface area contributed by atoms with Crippen LogP contribution in [0, 0.1) is 11.8 Å². The molecule has 1 N–H and O–H groups in total. The van der Waals surface area contributed by atoms with Crippen molar-refractivity contribution in [3.05, 3.63) is 54.6 Å². The zero-order chi connectivity index (χ0) is 29.7. The summed E-state index contributed by atoms with van der Waals surface area (Å²) in [7, 11) is 2.90. The van der Waals surface area contributed by atoms with E-state index in [0.29, 0.717) is 23.4 Å². The molecule has 0 aliphatic heterocycles. The van der Waals surface area contributed by atoms with Gasteiger partial charge in [0.05, 0.1) is 37.3 Å². The van der Waals surface area contributed by atoms with Crippen molar-refractivity contribution in [3.8, 4) is 22.8 Å². The maximum atomic E-state index is 13.4. The Balaban J connectivity index is 1.61. The number of nitrogens with one attached hydrogen (secondary N) is 1. The number of rotatable bonds is 9. The molecule has 3 aromatic rings. The smallest absolute Gasteiger partial charge is 0.329 e. The number of amides is 1. The van der Waals surface area contributed by atoms with E-state index in [4.69, 9.17) is 23.9 Å². The van der Waals surface area contributed by atoms with Gasteiger partial charge in [0.25, 0.3) is 0 Å². The fourth-order valence-electron chi connectivity index (χ4n) is 5.11. The molecule has 0 radical (unpaired) electrons. The average Bonchev–Trinajstić information content (AvgIpc) is 3.38. The van der Waals surface area contributed by atoms with E-state index in [1.807, 2.05) is 54.6 Å². The highest BCUT2D eigenvalue weighted by molar-refractivity contribution is 5.90. The highest BCUT2D eigenvalue weighted by Gasteiger charge is 2.45.